The Hall–Kier alpha value is -2.49. The van der Waals surface area contributed by atoms with E-state index in [0.29, 0.717) is 29.2 Å². The van der Waals surface area contributed by atoms with E-state index in [1.807, 2.05) is 0 Å². The first kappa shape index (κ1) is 19.8. The topological polar surface area (TPSA) is 113 Å². The van der Waals surface area contributed by atoms with Gasteiger partial charge in [0.15, 0.2) is 27.9 Å². The van der Waals surface area contributed by atoms with Crippen molar-refractivity contribution in [2.45, 2.75) is 12.5 Å². The Morgan fingerprint density at radius 3 is 2.38 bits per heavy atom. The first-order chi connectivity index (χ1) is 12.4. The molecule has 1 aromatic rings. The SMILES string of the molecule is COc1cc(/C=N\OCC(=O)N[C@@H]2CCS(=O)(=O)C2)cc(OC)c1OC. The van der Waals surface area contributed by atoms with Gasteiger partial charge in [-0.25, -0.2) is 8.42 Å². The fourth-order valence-electron chi connectivity index (χ4n) is 2.55. The standard InChI is InChI=1S/C16H22N2O7S/c1-22-13-6-11(7-14(23-2)16(13)24-3)8-17-25-9-15(19)18-12-4-5-26(20,21)10-12/h6-8,12H,4-5,9-10H2,1-3H3,(H,18,19)/b17-8-/t12-/m1/s1. The molecule has 1 aliphatic heterocycles. The summed E-state index contributed by atoms with van der Waals surface area (Å²) in [5.41, 5.74) is 0.627. The molecule has 144 valence electrons. The van der Waals surface area contributed by atoms with E-state index in [2.05, 4.69) is 10.5 Å². The van der Waals surface area contributed by atoms with Crippen molar-refractivity contribution in [1.29, 1.82) is 0 Å². The van der Waals surface area contributed by atoms with Crippen LogP contribution in [0.3, 0.4) is 0 Å². The third kappa shape index (κ3) is 5.25. The monoisotopic (exact) mass is 386 g/mol. The van der Waals surface area contributed by atoms with Gasteiger partial charge in [0.05, 0.1) is 39.0 Å². The van der Waals surface area contributed by atoms with E-state index < -0.39 is 15.7 Å². The van der Waals surface area contributed by atoms with Gasteiger partial charge in [-0.3, -0.25) is 4.79 Å². The zero-order valence-electron chi connectivity index (χ0n) is 14.9. The van der Waals surface area contributed by atoms with Crippen LogP contribution in [0.25, 0.3) is 0 Å². The molecule has 26 heavy (non-hydrogen) atoms. The minimum Gasteiger partial charge on any atom is -0.493 e. The van der Waals surface area contributed by atoms with Gasteiger partial charge in [0, 0.05) is 11.6 Å². The van der Waals surface area contributed by atoms with E-state index in [4.69, 9.17) is 19.0 Å². The lowest BCUT2D eigenvalue weighted by Gasteiger charge is -2.12. The molecule has 0 spiro atoms. The second-order valence-corrected chi connectivity index (χ2v) is 7.86. The third-order valence-electron chi connectivity index (χ3n) is 3.76. The van der Waals surface area contributed by atoms with Gasteiger partial charge in [0.1, 0.15) is 0 Å². The normalized spacial score (nSPS) is 18.5. The zero-order chi connectivity index (χ0) is 19.2. The summed E-state index contributed by atoms with van der Waals surface area (Å²) in [6.07, 6.45) is 1.82. The number of oxime groups is 1. The third-order valence-corrected chi connectivity index (χ3v) is 5.52. The van der Waals surface area contributed by atoms with Crippen LogP contribution in [-0.2, 0) is 19.5 Å². The van der Waals surface area contributed by atoms with Crippen LogP contribution in [0, 0.1) is 0 Å². The Balaban J connectivity index is 1.89. The summed E-state index contributed by atoms with van der Waals surface area (Å²) < 4.78 is 38.4. The number of methoxy groups -OCH3 is 3. The second-order valence-electron chi connectivity index (χ2n) is 5.63. The highest BCUT2D eigenvalue weighted by molar-refractivity contribution is 7.91. The fraction of sp³-hybridized carbons (Fsp3) is 0.500. The number of nitrogens with one attached hydrogen (secondary N) is 1. The van der Waals surface area contributed by atoms with Crippen LogP contribution in [0.1, 0.15) is 12.0 Å². The molecule has 2 rings (SSSR count). The summed E-state index contributed by atoms with van der Waals surface area (Å²) >= 11 is 0. The van der Waals surface area contributed by atoms with Crippen molar-refractivity contribution in [2.75, 3.05) is 39.4 Å². The molecule has 10 heteroatoms. The van der Waals surface area contributed by atoms with E-state index in [1.165, 1.54) is 27.5 Å². The molecule has 1 N–H and O–H groups in total. The van der Waals surface area contributed by atoms with E-state index in [-0.39, 0.29) is 24.2 Å². The predicted octanol–water partition coefficient (Wildman–Crippen LogP) is 0.366. The Morgan fingerprint density at radius 1 is 1.23 bits per heavy atom. The molecule has 0 aliphatic carbocycles. The molecule has 1 atom stereocenters. The summed E-state index contributed by atoms with van der Waals surface area (Å²) in [6.45, 7) is -0.308. The van der Waals surface area contributed by atoms with Gasteiger partial charge < -0.3 is 24.4 Å². The maximum Gasteiger partial charge on any atom is 0.261 e. The Bertz CT molecular complexity index is 752. The van der Waals surface area contributed by atoms with Gasteiger partial charge in [0.2, 0.25) is 5.75 Å². The molecule has 1 aromatic carbocycles. The summed E-state index contributed by atoms with van der Waals surface area (Å²) in [6, 6.07) is 2.99. The van der Waals surface area contributed by atoms with Gasteiger partial charge in [-0.2, -0.15) is 0 Å². The highest BCUT2D eigenvalue weighted by atomic mass is 32.2. The van der Waals surface area contributed by atoms with Gasteiger partial charge >= 0.3 is 0 Å². The molecule has 0 saturated carbocycles. The summed E-state index contributed by atoms with van der Waals surface area (Å²) in [5.74, 6) is 1.03. The van der Waals surface area contributed by atoms with Crippen LogP contribution in [0.15, 0.2) is 17.3 Å². The van der Waals surface area contributed by atoms with Gasteiger partial charge in [0.25, 0.3) is 5.91 Å². The number of benzene rings is 1. The number of amides is 1. The van der Waals surface area contributed by atoms with Crippen molar-refractivity contribution in [2.24, 2.45) is 5.16 Å². The first-order valence-electron chi connectivity index (χ1n) is 7.83. The van der Waals surface area contributed by atoms with Gasteiger partial charge in [-0.05, 0) is 18.6 Å². The Labute approximate surface area is 152 Å². The predicted molar refractivity (Wildman–Crippen MR) is 94.8 cm³/mol. The van der Waals surface area contributed by atoms with Gasteiger partial charge in [-0.1, -0.05) is 5.16 Å². The van der Waals surface area contributed by atoms with E-state index in [1.54, 1.807) is 12.1 Å². The van der Waals surface area contributed by atoms with Crippen molar-refractivity contribution in [1.82, 2.24) is 5.32 Å². The number of sulfone groups is 1. The van der Waals surface area contributed by atoms with E-state index in [9.17, 15) is 13.2 Å². The van der Waals surface area contributed by atoms with Crippen molar-refractivity contribution in [3.63, 3.8) is 0 Å². The number of carbonyl (C=O) groups excluding carboxylic acids is 1. The Kier molecular flexibility index (Phi) is 6.67. The summed E-state index contributed by atoms with van der Waals surface area (Å²) in [5, 5.41) is 6.35. The van der Waals surface area contributed by atoms with Crippen LogP contribution in [0.5, 0.6) is 17.2 Å². The smallest absolute Gasteiger partial charge is 0.261 e. The summed E-state index contributed by atoms with van der Waals surface area (Å²) in [4.78, 5) is 16.7. The lowest BCUT2D eigenvalue weighted by molar-refractivity contribution is -0.126. The highest BCUT2D eigenvalue weighted by Gasteiger charge is 2.28. The molecule has 0 aromatic heterocycles. The molecule has 0 radical (unpaired) electrons. The highest BCUT2D eigenvalue weighted by Crippen LogP contribution is 2.37. The maximum atomic E-state index is 11.7. The molecule has 1 fully saturated rings. The Morgan fingerprint density at radius 2 is 1.88 bits per heavy atom. The van der Waals surface area contributed by atoms with Crippen LogP contribution < -0.4 is 19.5 Å². The molecule has 1 saturated heterocycles. The number of hydrogen-bond donors (Lipinski definition) is 1. The molecule has 0 unspecified atom stereocenters. The van der Waals surface area contributed by atoms with Crippen molar-refractivity contribution < 1.29 is 32.3 Å². The van der Waals surface area contributed by atoms with E-state index in [0.717, 1.165) is 0 Å². The number of hydrogen-bond acceptors (Lipinski definition) is 8. The molecule has 0 bridgehead atoms. The molecule has 9 nitrogen and oxygen atoms in total. The average Bonchev–Trinajstić information content (AvgIpc) is 2.95. The van der Waals surface area contributed by atoms with Crippen LogP contribution in [0.2, 0.25) is 0 Å². The molecule has 1 heterocycles. The van der Waals surface area contributed by atoms with Gasteiger partial charge in [-0.15, -0.1) is 0 Å². The van der Waals surface area contributed by atoms with Crippen LogP contribution in [-0.4, -0.2) is 66.0 Å². The van der Waals surface area contributed by atoms with E-state index >= 15 is 0 Å². The zero-order valence-corrected chi connectivity index (χ0v) is 15.7. The number of ether oxygens (including phenoxy) is 3. The minimum absolute atomic E-state index is 0.0343. The quantitative estimate of drug-likeness (QED) is 0.507. The van der Waals surface area contributed by atoms with Crippen molar-refractivity contribution in [3.8, 4) is 17.2 Å². The average molecular weight is 386 g/mol. The first-order valence-corrected chi connectivity index (χ1v) is 9.65. The lowest BCUT2D eigenvalue weighted by atomic mass is 10.2. The maximum absolute atomic E-state index is 11.7. The number of carbonyl (C=O) groups is 1. The van der Waals surface area contributed by atoms with Crippen LogP contribution >= 0.6 is 0 Å². The van der Waals surface area contributed by atoms with Crippen molar-refractivity contribution in [3.05, 3.63) is 17.7 Å². The molecular formula is C16H22N2O7S. The van der Waals surface area contributed by atoms with Crippen molar-refractivity contribution >= 4 is 22.0 Å². The fourth-order valence-corrected chi connectivity index (χ4v) is 4.22. The number of nitrogens with zero attached hydrogens (tertiary/aromatic N) is 1. The van der Waals surface area contributed by atoms with Crippen LogP contribution in [0.4, 0.5) is 0 Å². The number of rotatable bonds is 8. The molecular weight excluding hydrogens is 364 g/mol. The molecule has 1 aliphatic rings. The second kappa shape index (κ2) is 8.75. The largest absolute Gasteiger partial charge is 0.493 e. The molecule has 1 amide bonds. The summed E-state index contributed by atoms with van der Waals surface area (Å²) in [7, 11) is 1.47. The lowest BCUT2D eigenvalue weighted by Crippen LogP contribution is -2.37. The minimum atomic E-state index is -3.04.